The summed E-state index contributed by atoms with van der Waals surface area (Å²) >= 11 is 1.53. The molecule has 32 heavy (non-hydrogen) atoms. The highest BCUT2D eigenvalue weighted by molar-refractivity contribution is 7.20. The highest BCUT2D eigenvalue weighted by atomic mass is 32.1. The van der Waals surface area contributed by atoms with Crippen molar-refractivity contribution >= 4 is 27.5 Å². The predicted octanol–water partition coefficient (Wildman–Crippen LogP) is 4.36. The first-order valence-corrected chi connectivity index (χ1v) is 11.6. The van der Waals surface area contributed by atoms with Crippen LogP contribution in [0.25, 0.3) is 15.9 Å². The van der Waals surface area contributed by atoms with E-state index in [1.807, 2.05) is 65.0 Å². The molecule has 0 unspecified atom stereocenters. The largest absolute Gasteiger partial charge is 0.497 e. The van der Waals surface area contributed by atoms with E-state index in [0.29, 0.717) is 0 Å². The Bertz CT molecular complexity index is 1220. The predicted molar refractivity (Wildman–Crippen MR) is 128 cm³/mol. The molecule has 164 valence electrons. The Balaban J connectivity index is 1.27. The van der Waals surface area contributed by atoms with E-state index in [2.05, 4.69) is 22.1 Å². The number of fused-ring (bicyclic) bond motifs is 1. The van der Waals surface area contributed by atoms with E-state index in [0.717, 1.165) is 64.9 Å². The summed E-state index contributed by atoms with van der Waals surface area (Å²) in [5.41, 5.74) is 3.22. The van der Waals surface area contributed by atoms with Crippen molar-refractivity contribution in [3.63, 3.8) is 0 Å². The van der Waals surface area contributed by atoms with Gasteiger partial charge >= 0.3 is 0 Å². The Kier molecular flexibility index (Phi) is 5.68. The lowest BCUT2D eigenvalue weighted by Crippen LogP contribution is -2.48. The van der Waals surface area contributed by atoms with E-state index in [-0.39, 0.29) is 5.91 Å². The van der Waals surface area contributed by atoms with E-state index < -0.39 is 0 Å². The number of hydrogen-bond acceptors (Lipinski definition) is 5. The summed E-state index contributed by atoms with van der Waals surface area (Å²) in [7, 11) is 1.68. The van der Waals surface area contributed by atoms with Gasteiger partial charge in [-0.1, -0.05) is 30.3 Å². The van der Waals surface area contributed by atoms with Crippen LogP contribution in [0, 0.1) is 6.92 Å². The number of ether oxygens (including phenoxy) is 1. The number of carbonyl (C=O) groups is 1. The van der Waals surface area contributed by atoms with Crippen molar-refractivity contribution in [2.24, 2.45) is 0 Å². The average molecular weight is 447 g/mol. The second kappa shape index (κ2) is 8.76. The summed E-state index contributed by atoms with van der Waals surface area (Å²) in [6, 6.07) is 20.3. The zero-order valence-corrected chi connectivity index (χ0v) is 19.1. The van der Waals surface area contributed by atoms with Crippen LogP contribution in [0.15, 0.2) is 60.7 Å². The highest BCUT2D eigenvalue weighted by Gasteiger charge is 2.25. The van der Waals surface area contributed by atoms with Crippen molar-refractivity contribution in [1.82, 2.24) is 19.6 Å². The standard InChI is InChI=1S/C25H26N4O2S/c1-18-22-16-23(32-25(22)29(26-18)20-6-4-3-5-7-20)24(30)28-14-12-27(13-15-28)17-19-8-10-21(31-2)11-9-19/h3-11,16H,12-15,17H2,1-2H3. The van der Waals surface area contributed by atoms with Crippen LogP contribution in [-0.2, 0) is 6.54 Å². The molecule has 1 saturated heterocycles. The van der Waals surface area contributed by atoms with Gasteiger partial charge in [0, 0.05) is 38.1 Å². The number of rotatable bonds is 5. The van der Waals surface area contributed by atoms with Crippen molar-refractivity contribution in [2.75, 3.05) is 33.3 Å². The molecule has 0 N–H and O–H groups in total. The van der Waals surface area contributed by atoms with E-state index in [1.165, 1.54) is 16.9 Å². The molecule has 1 amide bonds. The van der Waals surface area contributed by atoms with Crippen LogP contribution in [0.2, 0.25) is 0 Å². The first-order chi connectivity index (χ1) is 15.6. The van der Waals surface area contributed by atoms with Gasteiger partial charge in [0.2, 0.25) is 0 Å². The maximum atomic E-state index is 13.2. The first kappa shape index (κ1) is 20.7. The third-order valence-corrected chi connectivity index (χ3v) is 7.08. The Morgan fingerprint density at radius 1 is 1.03 bits per heavy atom. The Labute approximate surface area is 191 Å². The van der Waals surface area contributed by atoms with Crippen LogP contribution in [0.1, 0.15) is 20.9 Å². The number of hydrogen-bond donors (Lipinski definition) is 0. The van der Waals surface area contributed by atoms with Crippen LogP contribution in [0.5, 0.6) is 5.75 Å². The molecule has 7 heteroatoms. The zero-order valence-electron chi connectivity index (χ0n) is 18.3. The molecule has 0 saturated carbocycles. The van der Waals surface area contributed by atoms with Gasteiger partial charge in [0.25, 0.3) is 5.91 Å². The van der Waals surface area contributed by atoms with E-state index >= 15 is 0 Å². The second-order valence-electron chi connectivity index (χ2n) is 8.08. The number of amides is 1. The number of methoxy groups -OCH3 is 1. The van der Waals surface area contributed by atoms with Crippen molar-refractivity contribution in [3.05, 3.63) is 76.8 Å². The third-order valence-electron chi connectivity index (χ3n) is 5.98. The summed E-state index contributed by atoms with van der Waals surface area (Å²) in [6.45, 7) is 6.13. The van der Waals surface area contributed by atoms with Crippen LogP contribution in [0.3, 0.4) is 0 Å². The quantitative estimate of drug-likeness (QED) is 0.457. The molecule has 0 radical (unpaired) electrons. The van der Waals surface area contributed by atoms with Crippen LogP contribution in [0.4, 0.5) is 0 Å². The minimum atomic E-state index is 0.120. The minimum absolute atomic E-state index is 0.120. The van der Waals surface area contributed by atoms with Gasteiger partial charge < -0.3 is 9.64 Å². The van der Waals surface area contributed by atoms with E-state index in [4.69, 9.17) is 4.74 Å². The molecule has 0 bridgehead atoms. The molecule has 4 aromatic rings. The van der Waals surface area contributed by atoms with Gasteiger partial charge in [0.15, 0.2) is 0 Å². The average Bonchev–Trinajstić information content (AvgIpc) is 3.41. The fraction of sp³-hybridized carbons (Fsp3) is 0.280. The Morgan fingerprint density at radius 3 is 2.44 bits per heavy atom. The summed E-state index contributed by atoms with van der Waals surface area (Å²) in [6.07, 6.45) is 0. The van der Waals surface area contributed by atoms with Gasteiger partial charge in [0.05, 0.1) is 23.4 Å². The number of para-hydroxylation sites is 1. The molecule has 0 atom stereocenters. The molecule has 0 spiro atoms. The maximum Gasteiger partial charge on any atom is 0.264 e. The Hall–Kier alpha value is -3.16. The van der Waals surface area contributed by atoms with Gasteiger partial charge in [-0.05, 0) is 42.8 Å². The SMILES string of the molecule is COc1ccc(CN2CCN(C(=O)c3cc4c(C)nn(-c5ccccc5)c4s3)CC2)cc1. The van der Waals surface area contributed by atoms with Gasteiger partial charge in [-0.2, -0.15) is 5.10 Å². The molecule has 1 fully saturated rings. The van der Waals surface area contributed by atoms with Crippen LogP contribution >= 0.6 is 11.3 Å². The minimum Gasteiger partial charge on any atom is -0.497 e. The first-order valence-electron chi connectivity index (χ1n) is 10.8. The molecule has 5 rings (SSSR count). The van der Waals surface area contributed by atoms with Gasteiger partial charge in [0.1, 0.15) is 10.6 Å². The smallest absolute Gasteiger partial charge is 0.264 e. The van der Waals surface area contributed by atoms with Gasteiger partial charge in [-0.3, -0.25) is 9.69 Å². The number of nitrogens with zero attached hydrogens (tertiary/aromatic N) is 4. The lowest BCUT2D eigenvalue weighted by molar-refractivity contribution is 0.0633. The highest BCUT2D eigenvalue weighted by Crippen LogP contribution is 2.31. The second-order valence-corrected chi connectivity index (χ2v) is 9.11. The maximum absolute atomic E-state index is 13.2. The van der Waals surface area contributed by atoms with E-state index in [9.17, 15) is 4.79 Å². The summed E-state index contributed by atoms with van der Waals surface area (Å²) in [5.74, 6) is 0.993. The van der Waals surface area contributed by atoms with Crippen molar-refractivity contribution < 1.29 is 9.53 Å². The topological polar surface area (TPSA) is 50.6 Å². The number of benzene rings is 2. The van der Waals surface area contributed by atoms with Gasteiger partial charge in [-0.25, -0.2) is 4.68 Å². The van der Waals surface area contributed by atoms with E-state index in [1.54, 1.807) is 7.11 Å². The molecule has 0 aliphatic carbocycles. The summed E-state index contributed by atoms with van der Waals surface area (Å²) < 4.78 is 7.18. The molecular weight excluding hydrogens is 420 g/mol. The van der Waals surface area contributed by atoms with Gasteiger partial charge in [-0.15, -0.1) is 11.3 Å². The van der Waals surface area contributed by atoms with Crippen LogP contribution < -0.4 is 4.74 Å². The fourth-order valence-corrected chi connectivity index (χ4v) is 5.30. The van der Waals surface area contributed by atoms with Crippen molar-refractivity contribution in [1.29, 1.82) is 0 Å². The summed E-state index contributed by atoms with van der Waals surface area (Å²) in [4.78, 5) is 19.4. The number of carbonyl (C=O) groups excluding carboxylic acids is 1. The fourth-order valence-electron chi connectivity index (χ4n) is 4.15. The lowest BCUT2D eigenvalue weighted by Gasteiger charge is -2.34. The number of piperazine rings is 1. The molecule has 2 aromatic carbocycles. The lowest BCUT2D eigenvalue weighted by atomic mass is 10.2. The molecule has 2 aromatic heterocycles. The third kappa shape index (κ3) is 4.01. The molecule has 1 aliphatic heterocycles. The zero-order chi connectivity index (χ0) is 22.1. The molecular formula is C25H26N4O2S. The molecule has 3 heterocycles. The molecule has 1 aliphatic rings. The number of aryl methyl sites for hydroxylation is 1. The van der Waals surface area contributed by atoms with Crippen molar-refractivity contribution in [3.8, 4) is 11.4 Å². The Morgan fingerprint density at radius 2 is 1.75 bits per heavy atom. The van der Waals surface area contributed by atoms with Crippen LogP contribution in [-0.4, -0.2) is 58.8 Å². The number of aromatic nitrogens is 2. The summed E-state index contributed by atoms with van der Waals surface area (Å²) in [5, 5.41) is 5.74. The monoisotopic (exact) mass is 446 g/mol. The van der Waals surface area contributed by atoms with Crippen molar-refractivity contribution in [2.45, 2.75) is 13.5 Å². The normalized spacial score (nSPS) is 14.8. The number of thiophene rings is 1. The molecule has 6 nitrogen and oxygen atoms in total.